The number of hydrogen-bond donors (Lipinski definition) is 0. The Bertz CT molecular complexity index is 421. The van der Waals surface area contributed by atoms with Crippen LogP contribution in [0.4, 0.5) is 5.82 Å². The first-order valence-corrected chi connectivity index (χ1v) is 7.57. The van der Waals surface area contributed by atoms with E-state index in [0.717, 1.165) is 28.9 Å². The van der Waals surface area contributed by atoms with Crippen molar-refractivity contribution in [1.29, 1.82) is 0 Å². The monoisotopic (exact) mass is 264 g/mol. The number of piperidine rings is 1. The molecule has 98 valence electrons. The molecule has 2 unspecified atom stereocenters. The predicted molar refractivity (Wildman–Crippen MR) is 76.2 cm³/mol. The molecule has 1 saturated carbocycles. The Morgan fingerprint density at radius 3 is 2.61 bits per heavy atom. The number of halogens is 1. The summed E-state index contributed by atoms with van der Waals surface area (Å²) in [6, 6.07) is 4.28. The minimum Gasteiger partial charge on any atom is -0.356 e. The molecule has 0 aromatic carbocycles. The largest absolute Gasteiger partial charge is 0.356 e. The van der Waals surface area contributed by atoms with Crippen LogP contribution < -0.4 is 4.90 Å². The Balaban J connectivity index is 1.80. The molecule has 2 fully saturated rings. The third-order valence-corrected chi connectivity index (χ3v) is 4.79. The van der Waals surface area contributed by atoms with Gasteiger partial charge in [0.05, 0.1) is 0 Å². The van der Waals surface area contributed by atoms with Gasteiger partial charge in [-0.1, -0.05) is 12.5 Å². The molecule has 2 aliphatic rings. The topological polar surface area (TPSA) is 16.1 Å². The van der Waals surface area contributed by atoms with Crippen LogP contribution in [0.2, 0.25) is 0 Å². The summed E-state index contributed by atoms with van der Waals surface area (Å²) in [6.07, 6.45) is 5.69. The first kappa shape index (κ1) is 12.3. The number of aromatic nitrogens is 1. The van der Waals surface area contributed by atoms with Crippen LogP contribution in [0.25, 0.3) is 0 Å². The van der Waals surface area contributed by atoms with E-state index in [2.05, 4.69) is 24.0 Å². The molecule has 2 nitrogen and oxygen atoms in total. The van der Waals surface area contributed by atoms with Gasteiger partial charge in [0.1, 0.15) is 5.82 Å². The molecule has 2 bridgehead atoms. The van der Waals surface area contributed by atoms with Crippen LogP contribution in [0.3, 0.4) is 0 Å². The van der Waals surface area contributed by atoms with Crippen LogP contribution in [-0.4, -0.2) is 18.1 Å². The molecule has 1 aliphatic heterocycles. The van der Waals surface area contributed by atoms with E-state index in [9.17, 15) is 0 Å². The van der Waals surface area contributed by atoms with Crippen LogP contribution in [0.5, 0.6) is 0 Å². The normalized spacial score (nSPS) is 27.3. The Kier molecular flexibility index (Phi) is 3.47. The highest BCUT2D eigenvalue weighted by Gasteiger charge is 2.30. The zero-order valence-corrected chi connectivity index (χ0v) is 11.8. The quantitative estimate of drug-likeness (QED) is 0.757. The van der Waals surface area contributed by atoms with Crippen LogP contribution >= 0.6 is 11.6 Å². The van der Waals surface area contributed by atoms with Gasteiger partial charge in [-0.05, 0) is 49.7 Å². The van der Waals surface area contributed by atoms with Crippen LogP contribution in [0.1, 0.15) is 36.9 Å². The Morgan fingerprint density at radius 2 is 2.00 bits per heavy atom. The molecule has 3 rings (SSSR count). The van der Waals surface area contributed by atoms with Gasteiger partial charge in [-0.25, -0.2) is 4.98 Å². The van der Waals surface area contributed by atoms with Crippen molar-refractivity contribution >= 4 is 17.4 Å². The van der Waals surface area contributed by atoms with Crippen LogP contribution in [0.15, 0.2) is 12.1 Å². The summed E-state index contributed by atoms with van der Waals surface area (Å²) in [5, 5.41) is 0. The number of nitrogens with zero attached hydrogens (tertiary/aromatic N) is 2. The highest BCUT2D eigenvalue weighted by molar-refractivity contribution is 6.17. The first-order chi connectivity index (χ1) is 8.76. The lowest BCUT2D eigenvalue weighted by Crippen LogP contribution is -2.43. The summed E-state index contributed by atoms with van der Waals surface area (Å²) in [5.74, 6) is 3.50. The van der Waals surface area contributed by atoms with Crippen LogP contribution in [0, 0.1) is 18.8 Å². The molecule has 1 saturated heterocycles. The fraction of sp³-hybridized carbons (Fsp3) is 0.667. The summed E-state index contributed by atoms with van der Waals surface area (Å²) in [7, 11) is 0. The van der Waals surface area contributed by atoms with Gasteiger partial charge in [0.2, 0.25) is 0 Å². The maximum atomic E-state index is 5.89. The molecule has 18 heavy (non-hydrogen) atoms. The Hall–Kier alpha value is -0.760. The van der Waals surface area contributed by atoms with Crippen molar-refractivity contribution in [2.24, 2.45) is 11.8 Å². The van der Waals surface area contributed by atoms with E-state index in [1.54, 1.807) is 0 Å². The minimum absolute atomic E-state index is 0.560. The van der Waals surface area contributed by atoms with Crippen molar-refractivity contribution in [1.82, 2.24) is 4.98 Å². The third kappa shape index (κ3) is 2.35. The van der Waals surface area contributed by atoms with Gasteiger partial charge in [0.25, 0.3) is 0 Å². The average molecular weight is 265 g/mol. The van der Waals surface area contributed by atoms with E-state index in [0.29, 0.717) is 5.88 Å². The maximum absolute atomic E-state index is 5.89. The van der Waals surface area contributed by atoms with E-state index in [1.165, 1.54) is 38.8 Å². The van der Waals surface area contributed by atoms with Crippen molar-refractivity contribution in [3.63, 3.8) is 0 Å². The molecule has 2 atom stereocenters. The van der Waals surface area contributed by atoms with Crippen molar-refractivity contribution < 1.29 is 0 Å². The van der Waals surface area contributed by atoms with Gasteiger partial charge in [0.15, 0.2) is 0 Å². The van der Waals surface area contributed by atoms with E-state index in [4.69, 9.17) is 16.6 Å². The van der Waals surface area contributed by atoms with Gasteiger partial charge < -0.3 is 4.90 Å². The number of alkyl halides is 1. The summed E-state index contributed by atoms with van der Waals surface area (Å²) in [5.41, 5.74) is 2.23. The molecule has 2 heterocycles. The first-order valence-electron chi connectivity index (χ1n) is 7.03. The predicted octanol–water partition coefficient (Wildman–Crippen LogP) is 3.76. The molecular formula is C15H21ClN2. The second kappa shape index (κ2) is 5.08. The van der Waals surface area contributed by atoms with Gasteiger partial charge in [-0.3, -0.25) is 0 Å². The zero-order valence-electron chi connectivity index (χ0n) is 11.0. The molecular weight excluding hydrogens is 244 g/mol. The molecule has 0 N–H and O–H groups in total. The van der Waals surface area contributed by atoms with E-state index >= 15 is 0 Å². The van der Waals surface area contributed by atoms with Crippen LogP contribution in [-0.2, 0) is 5.88 Å². The smallest absolute Gasteiger partial charge is 0.128 e. The lowest BCUT2D eigenvalue weighted by Gasteiger charge is -2.42. The number of hydrogen-bond acceptors (Lipinski definition) is 2. The van der Waals surface area contributed by atoms with Gasteiger partial charge in [-0.15, -0.1) is 11.6 Å². The summed E-state index contributed by atoms with van der Waals surface area (Å²) in [4.78, 5) is 7.23. The molecule has 1 aromatic rings. The Labute approximate surface area is 114 Å². The molecule has 1 aliphatic carbocycles. The minimum atomic E-state index is 0.560. The third-order valence-electron chi connectivity index (χ3n) is 4.50. The zero-order chi connectivity index (χ0) is 12.5. The van der Waals surface area contributed by atoms with Crippen molar-refractivity contribution in [3.05, 3.63) is 23.4 Å². The molecule has 3 heteroatoms. The fourth-order valence-electron chi connectivity index (χ4n) is 3.51. The second-order valence-corrected chi connectivity index (χ2v) is 6.12. The molecule has 0 spiro atoms. The summed E-state index contributed by atoms with van der Waals surface area (Å²) in [6.45, 7) is 4.46. The standard InChI is InChI=1S/C15H21ClN2/c1-11-14(8-16)5-6-15(17-11)18-9-12-3-2-4-13(7-12)10-18/h5-6,12-13H,2-4,7-10H2,1H3. The van der Waals surface area contributed by atoms with E-state index in [1.807, 2.05) is 0 Å². The summed E-state index contributed by atoms with van der Waals surface area (Å²) < 4.78 is 0. The van der Waals surface area contributed by atoms with Crippen molar-refractivity contribution in [2.45, 2.75) is 38.5 Å². The number of fused-ring (bicyclic) bond motifs is 2. The lowest BCUT2D eigenvalue weighted by molar-refractivity contribution is 0.230. The second-order valence-electron chi connectivity index (χ2n) is 5.85. The van der Waals surface area contributed by atoms with Gasteiger partial charge in [-0.2, -0.15) is 0 Å². The number of anilines is 1. The van der Waals surface area contributed by atoms with Crippen molar-refractivity contribution in [3.8, 4) is 0 Å². The highest BCUT2D eigenvalue weighted by atomic mass is 35.5. The number of rotatable bonds is 2. The average Bonchev–Trinajstić information content (AvgIpc) is 2.38. The molecule has 0 amide bonds. The Morgan fingerprint density at radius 1 is 1.28 bits per heavy atom. The fourth-order valence-corrected chi connectivity index (χ4v) is 3.80. The van der Waals surface area contributed by atoms with E-state index < -0.39 is 0 Å². The van der Waals surface area contributed by atoms with Crippen molar-refractivity contribution in [2.75, 3.05) is 18.0 Å². The van der Waals surface area contributed by atoms with E-state index in [-0.39, 0.29) is 0 Å². The number of aryl methyl sites for hydroxylation is 1. The lowest BCUT2D eigenvalue weighted by atomic mass is 9.78. The maximum Gasteiger partial charge on any atom is 0.128 e. The highest BCUT2D eigenvalue weighted by Crippen LogP contribution is 2.35. The summed E-state index contributed by atoms with van der Waals surface area (Å²) >= 11 is 5.89. The number of pyridine rings is 1. The molecule has 1 aromatic heterocycles. The SMILES string of the molecule is Cc1nc(N2CC3CCCC(C3)C2)ccc1CCl. The van der Waals surface area contributed by atoms with Gasteiger partial charge >= 0.3 is 0 Å². The van der Waals surface area contributed by atoms with Gasteiger partial charge in [0, 0.05) is 24.7 Å². The molecule has 0 radical (unpaired) electrons.